The maximum atomic E-state index is 11.2. The molecule has 1 amide bonds. The van der Waals surface area contributed by atoms with Crippen molar-refractivity contribution in [3.63, 3.8) is 0 Å². The van der Waals surface area contributed by atoms with Crippen molar-refractivity contribution in [2.24, 2.45) is 5.73 Å². The van der Waals surface area contributed by atoms with E-state index in [9.17, 15) is 4.79 Å². The van der Waals surface area contributed by atoms with E-state index >= 15 is 0 Å². The highest BCUT2D eigenvalue weighted by Gasteiger charge is 2.26. The van der Waals surface area contributed by atoms with Crippen molar-refractivity contribution in [2.45, 2.75) is 44.2 Å². The van der Waals surface area contributed by atoms with Crippen molar-refractivity contribution in [1.29, 1.82) is 0 Å². The molecule has 2 aliphatic rings. The van der Waals surface area contributed by atoms with Crippen LogP contribution in [0.4, 0.5) is 0 Å². The lowest BCUT2D eigenvalue weighted by atomic mass is 9.85. The lowest BCUT2D eigenvalue weighted by Crippen LogP contribution is -2.23. The molecule has 2 aromatic heterocycles. The molecule has 2 fully saturated rings. The van der Waals surface area contributed by atoms with Crippen LogP contribution >= 0.6 is 0 Å². The van der Waals surface area contributed by atoms with Gasteiger partial charge in [-0.3, -0.25) is 14.4 Å². The van der Waals surface area contributed by atoms with E-state index in [1.807, 2.05) is 16.9 Å². The van der Waals surface area contributed by atoms with Gasteiger partial charge in [-0.05, 0) is 25.3 Å². The summed E-state index contributed by atoms with van der Waals surface area (Å²) in [6, 6.07) is 2.29. The minimum Gasteiger partial charge on any atom is -0.366 e. The Morgan fingerprint density at radius 1 is 1.33 bits per heavy atom. The normalized spacial score (nSPS) is 21.8. The zero-order valence-corrected chi connectivity index (χ0v) is 13.6. The Morgan fingerprint density at radius 3 is 2.92 bits per heavy atom. The summed E-state index contributed by atoms with van der Waals surface area (Å²) in [5.41, 5.74) is 6.85. The molecular formula is C17H22N6O. The van der Waals surface area contributed by atoms with Gasteiger partial charge in [0.25, 0.3) is 5.91 Å². The molecule has 0 radical (unpaired) electrons. The Morgan fingerprint density at radius 2 is 2.21 bits per heavy atom. The van der Waals surface area contributed by atoms with Crippen molar-refractivity contribution in [1.82, 2.24) is 24.6 Å². The predicted octanol–water partition coefficient (Wildman–Crippen LogP) is 1.49. The third-order valence-electron chi connectivity index (χ3n) is 5.10. The number of amides is 1. The monoisotopic (exact) mass is 326 g/mol. The second-order valence-electron chi connectivity index (χ2n) is 6.78. The number of hydrogen-bond acceptors (Lipinski definition) is 5. The molecule has 1 aliphatic carbocycles. The van der Waals surface area contributed by atoms with E-state index in [0.717, 1.165) is 37.6 Å². The van der Waals surface area contributed by atoms with Crippen LogP contribution in [0.1, 0.15) is 59.5 Å². The van der Waals surface area contributed by atoms with Gasteiger partial charge >= 0.3 is 0 Å². The Hall–Kier alpha value is -2.28. The van der Waals surface area contributed by atoms with Crippen molar-refractivity contribution >= 4 is 5.91 Å². The summed E-state index contributed by atoms with van der Waals surface area (Å²) in [6.07, 6.45) is 9.92. The first-order chi connectivity index (χ1) is 11.7. The maximum Gasteiger partial charge on any atom is 0.251 e. The van der Waals surface area contributed by atoms with E-state index in [1.54, 1.807) is 12.4 Å². The third kappa shape index (κ3) is 3.03. The van der Waals surface area contributed by atoms with Gasteiger partial charge in [0.05, 0.1) is 23.5 Å². The van der Waals surface area contributed by atoms with Crippen LogP contribution in [0.3, 0.4) is 0 Å². The summed E-state index contributed by atoms with van der Waals surface area (Å²) in [7, 11) is 0. The van der Waals surface area contributed by atoms with Gasteiger partial charge in [0, 0.05) is 37.9 Å². The molecule has 1 aliphatic heterocycles. The number of carbonyl (C=O) groups is 1. The smallest absolute Gasteiger partial charge is 0.251 e. The van der Waals surface area contributed by atoms with Gasteiger partial charge in [0.15, 0.2) is 0 Å². The third-order valence-corrected chi connectivity index (χ3v) is 5.10. The average Bonchev–Trinajstić information content (AvgIpc) is 3.14. The Balaban J connectivity index is 1.39. The van der Waals surface area contributed by atoms with E-state index < -0.39 is 5.91 Å². The SMILES string of the molecule is NC(=O)c1cnn(C2CCN(Cc3ccnc(C4CCC4)n3)C2)c1. The van der Waals surface area contributed by atoms with Gasteiger partial charge in [-0.15, -0.1) is 0 Å². The highest BCUT2D eigenvalue weighted by atomic mass is 16.1. The fourth-order valence-corrected chi connectivity index (χ4v) is 3.43. The predicted molar refractivity (Wildman–Crippen MR) is 88.3 cm³/mol. The van der Waals surface area contributed by atoms with Crippen LogP contribution in [0, 0.1) is 0 Å². The second-order valence-corrected chi connectivity index (χ2v) is 6.78. The van der Waals surface area contributed by atoms with Crippen LogP contribution in [0.5, 0.6) is 0 Å². The van der Waals surface area contributed by atoms with Gasteiger partial charge in [-0.2, -0.15) is 5.10 Å². The van der Waals surface area contributed by atoms with Crippen LogP contribution in [0.25, 0.3) is 0 Å². The first-order valence-electron chi connectivity index (χ1n) is 8.57. The summed E-state index contributed by atoms with van der Waals surface area (Å²) in [5.74, 6) is 1.14. The largest absolute Gasteiger partial charge is 0.366 e. The van der Waals surface area contributed by atoms with Crippen molar-refractivity contribution < 1.29 is 4.79 Å². The van der Waals surface area contributed by atoms with Crippen molar-refractivity contribution in [3.05, 3.63) is 41.7 Å². The minimum atomic E-state index is -0.430. The molecule has 7 nitrogen and oxygen atoms in total. The highest BCUT2D eigenvalue weighted by molar-refractivity contribution is 5.92. The minimum absolute atomic E-state index is 0.283. The molecular weight excluding hydrogens is 304 g/mol. The van der Waals surface area contributed by atoms with Crippen molar-refractivity contribution in [3.8, 4) is 0 Å². The number of rotatable bonds is 5. The first-order valence-corrected chi connectivity index (χ1v) is 8.57. The van der Waals surface area contributed by atoms with Gasteiger partial charge in [0.2, 0.25) is 0 Å². The van der Waals surface area contributed by atoms with Gasteiger partial charge in [-0.1, -0.05) is 6.42 Å². The molecule has 7 heteroatoms. The topological polar surface area (TPSA) is 89.9 Å². The number of aromatic nitrogens is 4. The van der Waals surface area contributed by atoms with E-state index in [2.05, 4.69) is 15.0 Å². The zero-order chi connectivity index (χ0) is 16.5. The summed E-state index contributed by atoms with van der Waals surface area (Å²) in [5, 5.41) is 4.28. The molecule has 3 heterocycles. The zero-order valence-electron chi connectivity index (χ0n) is 13.6. The fraction of sp³-hybridized carbons (Fsp3) is 0.529. The van der Waals surface area contributed by atoms with Crippen LogP contribution in [0.2, 0.25) is 0 Å². The molecule has 24 heavy (non-hydrogen) atoms. The Bertz CT molecular complexity index is 738. The molecule has 2 N–H and O–H groups in total. The van der Waals surface area contributed by atoms with Crippen molar-refractivity contribution in [2.75, 3.05) is 13.1 Å². The Kier molecular flexibility index (Phi) is 4.02. The van der Waals surface area contributed by atoms with Gasteiger partial charge < -0.3 is 5.73 Å². The highest BCUT2D eigenvalue weighted by Crippen LogP contribution is 2.34. The fourth-order valence-electron chi connectivity index (χ4n) is 3.43. The molecule has 1 saturated carbocycles. The quantitative estimate of drug-likeness (QED) is 0.899. The van der Waals surface area contributed by atoms with E-state index in [0.29, 0.717) is 11.5 Å². The molecule has 4 rings (SSSR count). The Labute approximate surface area is 140 Å². The van der Waals surface area contributed by atoms with Gasteiger partial charge in [0.1, 0.15) is 5.82 Å². The standard InChI is InChI=1S/C17H22N6O/c18-16(24)13-8-20-23(9-13)15-5-7-22(11-15)10-14-4-6-19-17(21-14)12-2-1-3-12/h4,6,8-9,12,15H,1-3,5,7,10-11H2,(H2,18,24). The van der Waals surface area contributed by atoms with Gasteiger partial charge in [-0.25, -0.2) is 9.97 Å². The molecule has 1 saturated heterocycles. The second kappa shape index (κ2) is 6.32. The number of primary amides is 1. The lowest BCUT2D eigenvalue weighted by molar-refractivity contribution is 0.1000. The molecule has 1 atom stereocenters. The summed E-state index contributed by atoms with van der Waals surface area (Å²) in [6.45, 7) is 2.74. The summed E-state index contributed by atoms with van der Waals surface area (Å²) in [4.78, 5) is 22.8. The number of carbonyl (C=O) groups excluding carboxylic acids is 1. The van der Waals surface area contributed by atoms with Crippen LogP contribution in [0.15, 0.2) is 24.7 Å². The molecule has 1 unspecified atom stereocenters. The van der Waals surface area contributed by atoms with Crippen LogP contribution in [-0.2, 0) is 6.54 Å². The number of nitrogens with zero attached hydrogens (tertiary/aromatic N) is 5. The van der Waals surface area contributed by atoms with E-state index in [4.69, 9.17) is 10.7 Å². The number of likely N-dealkylation sites (tertiary alicyclic amines) is 1. The van der Waals surface area contributed by atoms with E-state index in [-0.39, 0.29) is 6.04 Å². The molecule has 126 valence electrons. The molecule has 0 bridgehead atoms. The maximum absolute atomic E-state index is 11.2. The number of nitrogens with two attached hydrogens (primary N) is 1. The summed E-state index contributed by atoms with van der Waals surface area (Å²) < 4.78 is 1.86. The average molecular weight is 326 g/mol. The van der Waals surface area contributed by atoms with Crippen LogP contribution in [-0.4, -0.2) is 43.6 Å². The first kappa shape index (κ1) is 15.3. The molecule has 0 aromatic carbocycles. The van der Waals surface area contributed by atoms with E-state index in [1.165, 1.54) is 19.3 Å². The molecule has 0 spiro atoms. The number of hydrogen-bond donors (Lipinski definition) is 1. The lowest BCUT2D eigenvalue weighted by Gasteiger charge is -2.24. The molecule has 2 aromatic rings. The summed E-state index contributed by atoms with van der Waals surface area (Å²) >= 11 is 0. The van der Waals surface area contributed by atoms with Crippen LogP contribution < -0.4 is 5.73 Å².